The lowest BCUT2D eigenvalue weighted by Gasteiger charge is -2.43. The Kier molecular flexibility index (Phi) is 6.18. The summed E-state index contributed by atoms with van der Waals surface area (Å²) in [5.41, 5.74) is 1.63. The number of likely N-dealkylation sites (N-methyl/N-ethyl adjacent to an activating group) is 1. The first-order valence-corrected chi connectivity index (χ1v) is 10.8. The molecule has 0 saturated carbocycles. The molecule has 158 valence electrons. The molecule has 1 aromatic carbocycles. The highest BCUT2D eigenvalue weighted by Crippen LogP contribution is 2.30. The van der Waals surface area contributed by atoms with Gasteiger partial charge in [-0.25, -0.2) is 4.98 Å². The summed E-state index contributed by atoms with van der Waals surface area (Å²) < 4.78 is 5.98. The van der Waals surface area contributed by atoms with Gasteiger partial charge in [0.25, 0.3) is 0 Å². The molecule has 0 spiro atoms. The number of para-hydroxylation sites is 2. The Bertz CT molecular complexity index is 792. The molecule has 1 amide bonds. The van der Waals surface area contributed by atoms with Crippen LogP contribution < -0.4 is 10.6 Å². The van der Waals surface area contributed by atoms with Crippen molar-refractivity contribution in [1.82, 2.24) is 25.4 Å². The smallest absolute Gasteiger partial charge is 0.238 e. The number of nitrogens with one attached hydrogen (secondary N) is 2. The Balaban J connectivity index is 1.37. The molecule has 0 radical (unpaired) electrons. The number of piperidine rings is 1. The maximum Gasteiger partial charge on any atom is 0.238 e. The third-order valence-electron chi connectivity index (χ3n) is 6.32. The fourth-order valence-electron chi connectivity index (χ4n) is 4.96. The number of piperazine rings is 1. The van der Waals surface area contributed by atoms with Gasteiger partial charge in [0.15, 0.2) is 5.58 Å². The number of rotatable bonds is 5. The molecule has 2 N–H and O–H groups in total. The zero-order valence-corrected chi connectivity index (χ0v) is 17.7. The molecule has 2 aliphatic rings. The molecule has 4 atom stereocenters. The van der Waals surface area contributed by atoms with Crippen molar-refractivity contribution >= 4 is 17.0 Å². The highest BCUT2D eigenvalue weighted by molar-refractivity contribution is 5.83. The Morgan fingerprint density at radius 3 is 2.79 bits per heavy atom. The van der Waals surface area contributed by atoms with Crippen LogP contribution in [-0.4, -0.2) is 78.6 Å². The maximum absolute atomic E-state index is 13.0. The molecule has 0 bridgehead atoms. The van der Waals surface area contributed by atoms with Crippen LogP contribution in [0.4, 0.5) is 0 Å². The number of aromatic nitrogens is 1. The predicted molar refractivity (Wildman–Crippen MR) is 114 cm³/mol. The van der Waals surface area contributed by atoms with E-state index in [-0.39, 0.29) is 17.9 Å². The van der Waals surface area contributed by atoms with Crippen molar-refractivity contribution in [2.75, 3.05) is 39.8 Å². The van der Waals surface area contributed by atoms with Crippen LogP contribution in [0.3, 0.4) is 0 Å². The summed E-state index contributed by atoms with van der Waals surface area (Å²) in [7, 11) is 2.17. The number of oxazole rings is 1. The summed E-state index contributed by atoms with van der Waals surface area (Å²) in [6, 6.07) is 8.49. The Hall–Kier alpha value is -1.96. The van der Waals surface area contributed by atoms with Crippen molar-refractivity contribution in [2.45, 2.75) is 50.7 Å². The fraction of sp³-hybridized carbons (Fsp3) is 0.636. The lowest BCUT2D eigenvalue weighted by Crippen LogP contribution is -2.57. The van der Waals surface area contributed by atoms with Crippen molar-refractivity contribution in [1.29, 1.82) is 0 Å². The minimum atomic E-state index is -0.292. The number of benzene rings is 1. The van der Waals surface area contributed by atoms with Gasteiger partial charge in [0, 0.05) is 38.3 Å². The molecule has 2 saturated heterocycles. The highest BCUT2D eigenvalue weighted by atomic mass is 16.3. The molecule has 0 aliphatic carbocycles. The first-order valence-electron chi connectivity index (χ1n) is 10.8. The van der Waals surface area contributed by atoms with Crippen LogP contribution in [0.25, 0.3) is 11.1 Å². The van der Waals surface area contributed by atoms with Crippen LogP contribution >= 0.6 is 0 Å². The molecule has 7 nitrogen and oxygen atoms in total. The normalized spacial score (nSPS) is 29.2. The molecule has 2 aromatic rings. The van der Waals surface area contributed by atoms with E-state index < -0.39 is 0 Å². The van der Waals surface area contributed by atoms with E-state index in [2.05, 4.69) is 46.3 Å². The molecular formula is C22H33N5O2. The minimum Gasteiger partial charge on any atom is -0.440 e. The Labute approximate surface area is 172 Å². The van der Waals surface area contributed by atoms with E-state index in [0.717, 1.165) is 50.1 Å². The van der Waals surface area contributed by atoms with E-state index in [1.807, 2.05) is 24.3 Å². The monoisotopic (exact) mass is 399 g/mol. The van der Waals surface area contributed by atoms with E-state index in [9.17, 15) is 4.79 Å². The van der Waals surface area contributed by atoms with E-state index in [1.165, 1.54) is 0 Å². The van der Waals surface area contributed by atoms with Gasteiger partial charge in [0.1, 0.15) is 5.52 Å². The molecule has 4 rings (SSSR count). The molecule has 1 unspecified atom stereocenters. The maximum atomic E-state index is 13.0. The second kappa shape index (κ2) is 8.81. The number of carbonyl (C=O) groups excluding carboxylic acids is 1. The summed E-state index contributed by atoms with van der Waals surface area (Å²) in [6.45, 7) is 9.06. The summed E-state index contributed by atoms with van der Waals surface area (Å²) >= 11 is 0. The molecule has 7 heteroatoms. The molecule has 3 heterocycles. The van der Waals surface area contributed by atoms with Crippen LogP contribution in [0.15, 0.2) is 28.7 Å². The van der Waals surface area contributed by atoms with Gasteiger partial charge in [-0.3, -0.25) is 9.69 Å². The van der Waals surface area contributed by atoms with Gasteiger partial charge < -0.3 is 20.0 Å². The fourth-order valence-corrected chi connectivity index (χ4v) is 4.96. The van der Waals surface area contributed by atoms with Gasteiger partial charge in [-0.15, -0.1) is 0 Å². The topological polar surface area (TPSA) is 73.6 Å². The predicted octanol–water partition coefficient (Wildman–Crippen LogP) is 1.80. The number of nitrogens with zero attached hydrogens (tertiary/aromatic N) is 3. The average molecular weight is 400 g/mol. The highest BCUT2D eigenvalue weighted by Gasteiger charge is 2.35. The van der Waals surface area contributed by atoms with Gasteiger partial charge in [-0.05, 0) is 52.4 Å². The SMILES string of the molecule is C[C@@H]1CN(C)C[C@H](C)N1CCNC(=O)[C@H]1NCCCC1c1nc2ccccc2o1. The minimum absolute atomic E-state index is 0.0300. The second-order valence-electron chi connectivity index (χ2n) is 8.65. The van der Waals surface area contributed by atoms with Crippen molar-refractivity contribution < 1.29 is 9.21 Å². The molecule has 29 heavy (non-hydrogen) atoms. The van der Waals surface area contributed by atoms with Crippen LogP contribution in [0, 0.1) is 0 Å². The van der Waals surface area contributed by atoms with E-state index >= 15 is 0 Å². The van der Waals surface area contributed by atoms with Gasteiger partial charge in [0.05, 0.1) is 12.0 Å². The van der Waals surface area contributed by atoms with Crippen LogP contribution in [0.1, 0.15) is 38.5 Å². The van der Waals surface area contributed by atoms with Crippen LogP contribution in [0.5, 0.6) is 0 Å². The second-order valence-corrected chi connectivity index (χ2v) is 8.65. The summed E-state index contributed by atoms with van der Waals surface area (Å²) in [5.74, 6) is 0.684. The van der Waals surface area contributed by atoms with Crippen LogP contribution in [-0.2, 0) is 4.79 Å². The van der Waals surface area contributed by atoms with E-state index in [4.69, 9.17) is 4.42 Å². The number of fused-ring (bicyclic) bond motifs is 1. The number of amides is 1. The Morgan fingerprint density at radius 1 is 1.28 bits per heavy atom. The quantitative estimate of drug-likeness (QED) is 0.799. The first kappa shape index (κ1) is 20.3. The number of carbonyl (C=O) groups is 1. The zero-order valence-electron chi connectivity index (χ0n) is 17.7. The van der Waals surface area contributed by atoms with Crippen molar-refractivity contribution in [3.8, 4) is 0 Å². The third kappa shape index (κ3) is 4.47. The molecular weight excluding hydrogens is 366 g/mol. The third-order valence-corrected chi connectivity index (χ3v) is 6.32. The van der Waals surface area contributed by atoms with Crippen molar-refractivity contribution in [3.63, 3.8) is 0 Å². The van der Waals surface area contributed by atoms with Gasteiger partial charge in [0.2, 0.25) is 11.8 Å². The molecule has 2 fully saturated rings. The van der Waals surface area contributed by atoms with Gasteiger partial charge in [-0.1, -0.05) is 12.1 Å². The number of hydrogen-bond donors (Lipinski definition) is 2. The summed E-state index contributed by atoms with van der Waals surface area (Å²) in [4.78, 5) is 22.5. The number of hydrogen-bond acceptors (Lipinski definition) is 6. The zero-order chi connectivity index (χ0) is 20.4. The van der Waals surface area contributed by atoms with Crippen molar-refractivity contribution in [2.24, 2.45) is 0 Å². The molecule has 2 aliphatic heterocycles. The van der Waals surface area contributed by atoms with Gasteiger partial charge >= 0.3 is 0 Å². The van der Waals surface area contributed by atoms with Gasteiger partial charge in [-0.2, -0.15) is 0 Å². The molecule has 1 aromatic heterocycles. The lowest BCUT2D eigenvalue weighted by molar-refractivity contribution is -0.124. The lowest BCUT2D eigenvalue weighted by atomic mass is 9.90. The standard InChI is InChI=1S/C22H33N5O2/c1-15-13-26(3)14-16(2)27(15)12-11-24-21(28)20-17(7-6-10-23-20)22-25-18-8-4-5-9-19(18)29-22/h4-5,8-9,15-17,20,23H,6-7,10-14H2,1-3H3,(H,24,28)/t15-,16+,17?,20-/m0/s1. The van der Waals surface area contributed by atoms with Crippen LogP contribution in [0.2, 0.25) is 0 Å². The largest absolute Gasteiger partial charge is 0.440 e. The summed E-state index contributed by atoms with van der Waals surface area (Å²) in [5, 5.41) is 6.55. The average Bonchev–Trinajstić information content (AvgIpc) is 3.14. The van der Waals surface area contributed by atoms with E-state index in [1.54, 1.807) is 0 Å². The first-order chi connectivity index (χ1) is 14.0. The summed E-state index contributed by atoms with van der Waals surface area (Å²) in [6.07, 6.45) is 1.92. The van der Waals surface area contributed by atoms with Crippen molar-refractivity contribution in [3.05, 3.63) is 30.2 Å². The Morgan fingerprint density at radius 2 is 2.03 bits per heavy atom. The van der Waals surface area contributed by atoms with E-state index in [0.29, 0.717) is 24.5 Å².